The number of benzene rings is 2. The van der Waals surface area contributed by atoms with Crippen LogP contribution >= 0.6 is 0 Å². The Labute approximate surface area is 186 Å². The number of carboxylic acids is 1. The van der Waals surface area contributed by atoms with Gasteiger partial charge in [-0.1, -0.05) is 54.6 Å². The zero-order valence-electron chi connectivity index (χ0n) is 17.7. The number of carboxylic acid groups (broad SMARTS) is 1. The molecule has 2 aromatic rings. The fourth-order valence-corrected chi connectivity index (χ4v) is 4.29. The Morgan fingerprint density at radius 3 is 2.22 bits per heavy atom. The van der Waals surface area contributed by atoms with E-state index < -0.39 is 29.6 Å². The lowest BCUT2D eigenvalue weighted by Crippen LogP contribution is -2.45. The molecule has 7 heteroatoms. The van der Waals surface area contributed by atoms with Crippen molar-refractivity contribution >= 4 is 18.0 Å². The summed E-state index contributed by atoms with van der Waals surface area (Å²) < 4.78 is 5.57. The lowest BCUT2D eigenvalue weighted by atomic mass is 9.98. The largest absolute Gasteiger partial charge is 0.480 e. The van der Waals surface area contributed by atoms with Crippen molar-refractivity contribution in [2.45, 2.75) is 43.2 Å². The summed E-state index contributed by atoms with van der Waals surface area (Å²) in [5.41, 5.74) is 3.89. The number of aliphatic carboxylic acids is 1. The van der Waals surface area contributed by atoms with Crippen molar-refractivity contribution < 1.29 is 24.2 Å². The molecule has 1 fully saturated rings. The van der Waals surface area contributed by atoms with Crippen LogP contribution in [0.5, 0.6) is 0 Å². The molecule has 1 unspecified atom stereocenters. The molecule has 166 valence electrons. The Morgan fingerprint density at radius 1 is 1.09 bits per heavy atom. The van der Waals surface area contributed by atoms with Crippen molar-refractivity contribution in [2.24, 2.45) is 0 Å². The zero-order valence-corrected chi connectivity index (χ0v) is 17.7. The van der Waals surface area contributed by atoms with E-state index in [9.17, 15) is 19.5 Å². The number of rotatable bonds is 9. The molecule has 0 spiro atoms. The zero-order chi connectivity index (χ0) is 22.7. The summed E-state index contributed by atoms with van der Waals surface area (Å²) in [6, 6.07) is 15.2. The quantitative estimate of drug-likeness (QED) is 0.523. The fraction of sp³-hybridized carbons (Fsp3) is 0.320. The number of carbonyl (C=O) groups excluding carboxylic acids is 2. The first-order valence-electron chi connectivity index (χ1n) is 10.7. The molecule has 0 radical (unpaired) electrons. The van der Waals surface area contributed by atoms with E-state index in [4.69, 9.17) is 4.74 Å². The lowest BCUT2D eigenvalue weighted by Gasteiger charge is -2.20. The van der Waals surface area contributed by atoms with Crippen LogP contribution in [0, 0.1) is 0 Å². The van der Waals surface area contributed by atoms with Crippen LogP contribution in [0.3, 0.4) is 0 Å². The minimum atomic E-state index is -1.12. The lowest BCUT2D eigenvalue weighted by molar-refractivity contribution is -0.141. The van der Waals surface area contributed by atoms with Crippen LogP contribution in [0.2, 0.25) is 0 Å². The monoisotopic (exact) mass is 434 g/mol. The summed E-state index contributed by atoms with van der Waals surface area (Å²) in [6.45, 7) is 3.71. The third-order valence-electron chi connectivity index (χ3n) is 6.10. The van der Waals surface area contributed by atoms with Crippen molar-refractivity contribution in [2.75, 3.05) is 6.61 Å². The van der Waals surface area contributed by atoms with Gasteiger partial charge in [0.05, 0.1) is 5.54 Å². The van der Waals surface area contributed by atoms with Gasteiger partial charge in [0, 0.05) is 12.3 Å². The Hall–Kier alpha value is -3.61. The standard InChI is InChI=1S/C25H26N2O5/c1-2-7-21(23(29)30)26-22(28)14-25(12-13-25)27-24(31)32-15-20-18-10-5-3-8-16(18)17-9-4-6-11-19(17)20/h2-6,8-11,20-21H,1,7,12-15H2,(H,26,28)(H,27,31)(H,29,30). The minimum Gasteiger partial charge on any atom is -0.480 e. The Kier molecular flexibility index (Phi) is 5.99. The second kappa shape index (κ2) is 8.86. The van der Waals surface area contributed by atoms with Crippen LogP contribution in [0.4, 0.5) is 4.79 Å². The predicted molar refractivity (Wildman–Crippen MR) is 119 cm³/mol. The van der Waals surface area contributed by atoms with Crippen LogP contribution < -0.4 is 10.6 Å². The first-order chi connectivity index (χ1) is 15.4. The van der Waals surface area contributed by atoms with Crippen LogP contribution in [0.1, 0.15) is 42.7 Å². The number of ether oxygens (including phenoxy) is 1. The maximum atomic E-state index is 12.5. The molecule has 7 nitrogen and oxygen atoms in total. The van der Waals surface area contributed by atoms with E-state index in [1.807, 2.05) is 24.3 Å². The first kappa shape index (κ1) is 21.6. The molecule has 3 N–H and O–H groups in total. The molecule has 0 bridgehead atoms. The van der Waals surface area contributed by atoms with Crippen molar-refractivity contribution in [1.29, 1.82) is 0 Å². The fourth-order valence-electron chi connectivity index (χ4n) is 4.29. The summed E-state index contributed by atoms with van der Waals surface area (Å²) in [5.74, 6) is -1.58. The van der Waals surface area contributed by atoms with E-state index in [0.717, 1.165) is 22.3 Å². The summed E-state index contributed by atoms with van der Waals surface area (Å²) in [4.78, 5) is 36.0. The van der Waals surface area contributed by atoms with E-state index >= 15 is 0 Å². The molecular formula is C25H26N2O5. The molecule has 4 rings (SSSR count). The van der Waals surface area contributed by atoms with Crippen molar-refractivity contribution in [1.82, 2.24) is 10.6 Å². The molecule has 1 atom stereocenters. The predicted octanol–water partition coefficient (Wildman–Crippen LogP) is 3.59. The molecule has 2 aromatic carbocycles. The Balaban J connectivity index is 1.34. The minimum absolute atomic E-state index is 0.0120. The van der Waals surface area contributed by atoms with E-state index in [2.05, 4.69) is 41.5 Å². The number of fused-ring (bicyclic) bond motifs is 3. The van der Waals surface area contributed by atoms with E-state index in [1.54, 1.807) is 0 Å². The number of amides is 2. The summed E-state index contributed by atoms with van der Waals surface area (Å²) >= 11 is 0. The van der Waals surface area contributed by atoms with Crippen LogP contribution in [0.25, 0.3) is 11.1 Å². The van der Waals surface area contributed by atoms with Gasteiger partial charge in [0.1, 0.15) is 12.6 Å². The highest BCUT2D eigenvalue weighted by Crippen LogP contribution is 2.44. The van der Waals surface area contributed by atoms with Crippen LogP contribution in [-0.4, -0.2) is 41.3 Å². The smallest absolute Gasteiger partial charge is 0.407 e. The molecule has 1 saturated carbocycles. The van der Waals surface area contributed by atoms with Crippen molar-refractivity contribution in [3.05, 3.63) is 72.3 Å². The van der Waals surface area contributed by atoms with E-state index in [-0.39, 0.29) is 25.4 Å². The molecule has 2 aliphatic carbocycles. The van der Waals surface area contributed by atoms with Gasteiger partial charge in [-0.15, -0.1) is 6.58 Å². The Morgan fingerprint density at radius 2 is 1.69 bits per heavy atom. The maximum Gasteiger partial charge on any atom is 0.407 e. The average molecular weight is 434 g/mol. The summed E-state index contributed by atoms with van der Waals surface area (Å²) in [7, 11) is 0. The highest BCUT2D eigenvalue weighted by atomic mass is 16.5. The van der Waals surface area contributed by atoms with Gasteiger partial charge in [-0.3, -0.25) is 4.79 Å². The molecule has 32 heavy (non-hydrogen) atoms. The average Bonchev–Trinajstić information content (AvgIpc) is 3.44. The topological polar surface area (TPSA) is 105 Å². The molecule has 0 aliphatic heterocycles. The molecule has 2 amide bonds. The van der Waals surface area contributed by atoms with Crippen molar-refractivity contribution in [3.63, 3.8) is 0 Å². The molecule has 0 aromatic heterocycles. The van der Waals surface area contributed by atoms with Crippen molar-refractivity contribution in [3.8, 4) is 11.1 Å². The first-order valence-corrected chi connectivity index (χ1v) is 10.7. The third kappa shape index (κ3) is 4.51. The highest BCUT2D eigenvalue weighted by Gasteiger charge is 2.46. The Bertz CT molecular complexity index is 1010. The number of carbonyl (C=O) groups is 3. The van der Waals surface area contributed by atoms with E-state index in [0.29, 0.717) is 12.8 Å². The van der Waals surface area contributed by atoms with Gasteiger partial charge < -0.3 is 20.5 Å². The molecular weight excluding hydrogens is 408 g/mol. The number of alkyl carbamates (subject to hydrolysis) is 1. The normalized spacial score (nSPS) is 16.2. The van der Waals surface area contributed by atoms with E-state index in [1.165, 1.54) is 6.08 Å². The SMILES string of the molecule is C=CCC(NC(=O)CC1(NC(=O)OCC2c3ccccc3-c3ccccc32)CC1)C(=O)O. The van der Waals surface area contributed by atoms with Crippen LogP contribution in [-0.2, 0) is 14.3 Å². The second-order valence-electron chi connectivity index (χ2n) is 8.39. The molecule has 0 saturated heterocycles. The third-order valence-corrected chi connectivity index (χ3v) is 6.10. The molecule has 2 aliphatic rings. The van der Waals surface area contributed by atoms with Gasteiger partial charge in [-0.2, -0.15) is 0 Å². The molecule has 0 heterocycles. The van der Waals surface area contributed by atoms with Gasteiger partial charge in [0.2, 0.25) is 5.91 Å². The van der Waals surface area contributed by atoms with Gasteiger partial charge in [-0.05, 0) is 41.5 Å². The second-order valence-corrected chi connectivity index (χ2v) is 8.39. The summed E-state index contributed by atoms with van der Waals surface area (Å²) in [5, 5.41) is 14.5. The summed E-state index contributed by atoms with van der Waals surface area (Å²) in [6.07, 6.45) is 2.30. The van der Waals surface area contributed by atoms with Gasteiger partial charge in [0.25, 0.3) is 0 Å². The van der Waals surface area contributed by atoms with Gasteiger partial charge in [0.15, 0.2) is 0 Å². The van der Waals surface area contributed by atoms with Gasteiger partial charge >= 0.3 is 12.1 Å². The number of nitrogens with one attached hydrogen (secondary N) is 2. The number of hydrogen-bond acceptors (Lipinski definition) is 4. The number of hydrogen-bond donors (Lipinski definition) is 3. The van der Waals surface area contributed by atoms with Crippen LogP contribution in [0.15, 0.2) is 61.2 Å². The van der Waals surface area contributed by atoms with Gasteiger partial charge in [-0.25, -0.2) is 9.59 Å². The maximum absolute atomic E-state index is 12.5. The highest BCUT2D eigenvalue weighted by molar-refractivity contribution is 5.85.